The maximum absolute atomic E-state index is 9.78. The summed E-state index contributed by atoms with van der Waals surface area (Å²) in [5, 5.41) is 9.78. The molecule has 1 N–H and O–H groups in total. The molecule has 0 aromatic rings. The smallest absolute Gasteiger partial charge is 0.125 e. The highest BCUT2D eigenvalue weighted by atomic mass is 16.3. The first kappa shape index (κ1) is 11.5. The third kappa shape index (κ3) is 4.41. The van der Waals surface area contributed by atoms with E-state index in [0.29, 0.717) is 0 Å². The molecule has 70 valence electrons. The van der Waals surface area contributed by atoms with E-state index in [0.717, 1.165) is 0 Å². The Morgan fingerprint density at radius 3 is 1.67 bits per heavy atom. The Kier molecular flexibility index (Phi) is 3.35. The van der Waals surface area contributed by atoms with Crippen LogP contribution in [0.3, 0.4) is 0 Å². The van der Waals surface area contributed by atoms with Crippen LogP contribution >= 0.6 is 0 Å². The molecule has 0 aliphatic carbocycles. The van der Waals surface area contributed by atoms with Crippen molar-refractivity contribution in [3.8, 4) is 11.8 Å². The quantitative estimate of drug-likeness (QED) is 0.596. The molecular formula is C11H20O. The molecule has 0 fully saturated rings. The summed E-state index contributed by atoms with van der Waals surface area (Å²) >= 11 is 0. The SMILES string of the molecule is CC(C)C(C)(O)C#CC(C)(C)C. The Morgan fingerprint density at radius 2 is 1.42 bits per heavy atom. The van der Waals surface area contributed by atoms with Gasteiger partial charge in [0, 0.05) is 5.41 Å². The van der Waals surface area contributed by atoms with Gasteiger partial charge in [0.05, 0.1) is 0 Å². The minimum atomic E-state index is -0.854. The van der Waals surface area contributed by atoms with Gasteiger partial charge < -0.3 is 5.11 Å². The lowest BCUT2D eigenvalue weighted by Gasteiger charge is -2.21. The molecule has 0 amide bonds. The fourth-order valence-corrected chi connectivity index (χ4v) is 0.458. The van der Waals surface area contributed by atoms with E-state index in [9.17, 15) is 5.11 Å². The van der Waals surface area contributed by atoms with Gasteiger partial charge in [0.15, 0.2) is 0 Å². The zero-order valence-corrected chi connectivity index (χ0v) is 9.02. The monoisotopic (exact) mass is 168 g/mol. The molecule has 1 unspecified atom stereocenters. The van der Waals surface area contributed by atoms with Gasteiger partial charge in [0.25, 0.3) is 0 Å². The van der Waals surface area contributed by atoms with E-state index in [4.69, 9.17) is 0 Å². The van der Waals surface area contributed by atoms with E-state index in [1.165, 1.54) is 0 Å². The molecule has 1 nitrogen and oxygen atoms in total. The molecule has 0 saturated heterocycles. The van der Waals surface area contributed by atoms with Gasteiger partial charge in [0.2, 0.25) is 0 Å². The molecule has 0 aliphatic heterocycles. The molecule has 0 aromatic carbocycles. The molecule has 0 bridgehead atoms. The first-order valence-corrected chi connectivity index (χ1v) is 4.42. The van der Waals surface area contributed by atoms with Gasteiger partial charge in [-0.3, -0.25) is 0 Å². The van der Waals surface area contributed by atoms with E-state index in [2.05, 4.69) is 11.8 Å². The molecule has 1 atom stereocenters. The van der Waals surface area contributed by atoms with Crippen molar-refractivity contribution in [3.63, 3.8) is 0 Å². The third-order valence-corrected chi connectivity index (χ3v) is 1.81. The van der Waals surface area contributed by atoms with Crippen molar-refractivity contribution in [1.82, 2.24) is 0 Å². The average Bonchev–Trinajstić information content (AvgIpc) is 1.82. The number of rotatable bonds is 1. The second-order valence-electron chi connectivity index (χ2n) is 4.80. The molecule has 12 heavy (non-hydrogen) atoms. The van der Waals surface area contributed by atoms with Crippen molar-refractivity contribution >= 4 is 0 Å². The van der Waals surface area contributed by atoms with Crippen LogP contribution in [0.1, 0.15) is 41.5 Å². The predicted molar refractivity (Wildman–Crippen MR) is 52.7 cm³/mol. The highest BCUT2D eigenvalue weighted by Gasteiger charge is 2.22. The average molecular weight is 168 g/mol. The Bertz CT molecular complexity index is 195. The summed E-state index contributed by atoms with van der Waals surface area (Å²) in [5.41, 5.74) is -0.883. The summed E-state index contributed by atoms with van der Waals surface area (Å²) in [6.07, 6.45) is 0. The fourth-order valence-electron chi connectivity index (χ4n) is 0.458. The summed E-state index contributed by atoms with van der Waals surface area (Å²) in [4.78, 5) is 0. The van der Waals surface area contributed by atoms with Crippen molar-refractivity contribution in [2.45, 2.75) is 47.1 Å². The molecule has 0 aliphatic rings. The van der Waals surface area contributed by atoms with E-state index >= 15 is 0 Å². The molecule has 0 aromatic heterocycles. The Hall–Kier alpha value is -0.480. The molecule has 0 radical (unpaired) electrons. The molecule has 1 heteroatoms. The van der Waals surface area contributed by atoms with Crippen LogP contribution in [0.4, 0.5) is 0 Å². The summed E-state index contributed by atoms with van der Waals surface area (Å²) in [6, 6.07) is 0. The van der Waals surface area contributed by atoms with Crippen molar-refractivity contribution in [2.24, 2.45) is 11.3 Å². The van der Waals surface area contributed by atoms with Crippen molar-refractivity contribution in [2.75, 3.05) is 0 Å². The molecular weight excluding hydrogens is 148 g/mol. The zero-order chi connectivity index (χ0) is 9.99. The standard InChI is InChI=1S/C11H20O/c1-9(2)11(6,12)8-7-10(3,4)5/h9,12H,1-6H3. The van der Waals surface area contributed by atoms with Crippen LogP contribution in [-0.2, 0) is 0 Å². The van der Waals surface area contributed by atoms with E-state index in [1.807, 2.05) is 34.6 Å². The number of aliphatic hydroxyl groups is 1. The number of hydrogen-bond donors (Lipinski definition) is 1. The summed E-state index contributed by atoms with van der Waals surface area (Å²) in [5.74, 6) is 6.12. The van der Waals surface area contributed by atoms with Crippen molar-refractivity contribution in [1.29, 1.82) is 0 Å². The highest BCUT2D eigenvalue weighted by Crippen LogP contribution is 2.17. The molecule has 0 rings (SSSR count). The maximum Gasteiger partial charge on any atom is 0.125 e. The van der Waals surface area contributed by atoms with Gasteiger partial charge in [-0.05, 0) is 33.6 Å². The second kappa shape index (κ2) is 3.49. The van der Waals surface area contributed by atoms with Crippen LogP contribution in [0.2, 0.25) is 0 Å². The van der Waals surface area contributed by atoms with Crippen molar-refractivity contribution < 1.29 is 5.11 Å². The largest absolute Gasteiger partial charge is 0.378 e. The summed E-state index contributed by atoms with van der Waals surface area (Å²) in [6.45, 7) is 11.8. The van der Waals surface area contributed by atoms with E-state index in [1.54, 1.807) is 6.92 Å². The van der Waals surface area contributed by atoms with Crippen LogP contribution in [0.25, 0.3) is 0 Å². The lowest BCUT2D eigenvalue weighted by atomic mass is 9.90. The van der Waals surface area contributed by atoms with Gasteiger partial charge in [-0.2, -0.15) is 0 Å². The van der Waals surface area contributed by atoms with Crippen LogP contribution in [0, 0.1) is 23.2 Å². The molecule has 0 heterocycles. The van der Waals surface area contributed by atoms with Gasteiger partial charge in [0.1, 0.15) is 5.60 Å². The summed E-state index contributed by atoms with van der Waals surface area (Å²) in [7, 11) is 0. The predicted octanol–water partition coefficient (Wildman–Crippen LogP) is 2.44. The highest BCUT2D eigenvalue weighted by molar-refractivity contribution is 5.17. The van der Waals surface area contributed by atoms with Gasteiger partial charge in [-0.25, -0.2) is 0 Å². The zero-order valence-electron chi connectivity index (χ0n) is 9.02. The van der Waals surface area contributed by atoms with E-state index < -0.39 is 5.60 Å². The normalized spacial score (nSPS) is 16.7. The Morgan fingerprint density at radius 1 is 1.00 bits per heavy atom. The molecule has 0 spiro atoms. The van der Waals surface area contributed by atoms with Crippen molar-refractivity contribution in [3.05, 3.63) is 0 Å². The Labute approximate surface area is 76.2 Å². The lowest BCUT2D eigenvalue weighted by molar-refractivity contribution is 0.0723. The maximum atomic E-state index is 9.78. The summed E-state index contributed by atoms with van der Waals surface area (Å²) < 4.78 is 0. The topological polar surface area (TPSA) is 20.2 Å². The first-order valence-electron chi connectivity index (χ1n) is 4.42. The number of hydrogen-bond acceptors (Lipinski definition) is 1. The third-order valence-electron chi connectivity index (χ3n) is 1.81. The van der Waals surface area contributed by atoms with E-state index in [-0.39, 0.29) is 11.3 Å². The van der Waals surface area contributed by atoms with Gasteiger partial charge >= 0.3 is 0 Å². The van der Waals surface area contributed by atoms with Crippen LogP contribution in [0.15, 0.2) is 0 Å². The second-order valence-corrected chi connectivity index (χ2v) is 4.80. The lowest BCUT2D eigenvalue weighted by Crippen LogP contribution is -2.29. The fraction of sp³-hybridized carbons (Fsp3) is 0.818. The first-order chi connectivity index (χ1) is 5.15. The van der Waals surface area contributed by atoms with Crippen LogP contribution in [0.5, 0.6) is 0 Å². The van der Waals surface area contributed by atoms with Gasteiger partial charge in [-0.1, -0.05) is 25.7 Å². The molecule has 0 saturated carbocycles. The minimum absolute atomic E-state index is 0.0289. The van der Waals surface area contributed by atoms with Gasteiger partial charge in [-0.15, -0.1) is 0 Å². The van der Waals surface area contributed by atoms with Crippen LogP contribution in [-0.4, -0.2) is 10.7 Å². The minimum Gasteiger partial charge on any atom is -0.378 e. The van der Waals surface area contributed by atoms with Crippen LogP contribution < -0.4 is 0 Å². The Balaban J connectivity index is 4.50.